The average molecular weight is 249 g/mol. The lowest BCUT2D eigenvalue weighted by atomic mass is 10.2. The third kappa shape index (κ3) is 2.58. The smallest absolute Gasteiger partial charge is 0.320 e. The van der Waals surface area contributed by atoms with E-state index in [4.69, 9.17) is 5.11 Å². The van der Waals surface area contributed by atoms with Gasteiger partial charge in [0.2, 0.25) is 0 Å². The van der Waals surface area contributed by atoms with Crippen LogP contribution in [0.2, 0.25) is 0 Å². The summed E-state index contributed by atoms with van der Waals surface area (Å²) < 4.78 is 0. The Kier molecular flexibility index (Phi) is 3.45. The van der Waals surface area contributed by atoms with E-state index >= 15 is 0 Å². The highest BCUT2D eigenvalue weighted by Crippen LogP contribution is 2.19. The van der Waals surface area contributed by atoms with Gasteiger partial charge in [-0.3, -0.25) is 9.78 Å². The summed E-state index contributed by atoms with van der Waals surface area (Å²) in [7, 11) is 1.68. The van der Waals surface area contributed by atoms with Gasteiger partial charge in [0.25, 0.3) is 0 Å². The standard InChI is InChI=1S/C12H15N3O3/c1-14-8-10(5-11(16)17)15(12(14)18)7-9-3-2-4-13-6-9/h2-4,6,10H,5,7-8H2,1H3,(H,16,17). The summed E-state index contributed by atoms with van der Waals surface area (Å²) in [6, 6.07) is 3.26. The van der Waals surface area contributed by atoms with Gasteiger partial charge in [0.1, 0.15) is 0 Å². The Morgan fingerprint density at radius 2 is 2.39 bits per heavy atom. The largest absolute Gasteiger partial charge is 0.481 e. The normalized spacial score (nSPS) is 19.4. The molecule has 0 radical (unpaired) electrons. The molecule has 6 nitrogen and oxygen atoms in total. The Labute approximate surface area is 105 Å². The molecule has 1 aromatic heterocycles. The van der Waals surface area contributed by atoms with Crippen molar-refractivity contribution in [1.82, 2.24) is 14.8 Å². The molecule has 0 spiro atoms. The van der Waals surface area contributed by atoms with Gasteiger partial charge in [-0.15, -0.1) is 0 Å². The number of likely N-dealkylation sites (N-methyl/N-ethyl adjacent to an activating group) is 1. The van der Waals surface area contributed by atoms with Crippen LogP contribution in [0.1, 0.15) is 12.0 Å². The quantitative estimate of drug-likeness (QED) is 0.856. The SMILES string of the molecule is CN1CC(CC(=O)O)N(Cc2cccnc2)C1=O. The first-order valence-corrected chi connectivity index (χ1v) is 5.70. The molecule has 1 N–H and O–H groups in total. The third-order valence-electron chi connectivity index (χ3n) is 2.98. The number of urea groups is 1. The Morgan fingerprint density at radius 1 is 1.61 bits per heavy atom. The fraction of sp³-hybridized carbons (Fsp3) is 0.417. The highest BCUT2D eigenvalue weighted by atomic mass is 16.4. The van der Waals surface area contributed by atoms with E-state index in [1.54, 1.807) is 35.3 Å². The fourth-order valence-corrected chi connectivity index (χ4v) is 2.13. The maximum Gasteiger partial charge on any atom is 0.320 e. The summed E-state index contributed by atoms with van der Waals surface area (Å²) in [6.45, 7) is 0.848. The Bertz CT molecular complexity index is 449. The van der Waals surface area contributed by atoms with Crippen LogP contribution in [0.3, 0.4) is 0 Å². The predicted molar refractivity (Wildman–Crippen MR) is 63.8 cm³/mol. The summed E-state index contributed by atoms with van der Waals surface area (Å²) in [4.78, 5) is 29.9. The predicted octanol–water partition coefficient (Wildman–Crippen LogP) is 0.792. The van der Waals surface area contributed by atoms with Gasteiger partial charge in [0.05, 0.1) is 12.5 Å². The van der Waals surface area contributed by atoms with E-state index < -0.39 is 5.97 Å². The lowest BCUT2D eigenvalue weighted by molar-refractivity contribution is -0.138. The molecule has 6 heteroatoms. The van der Waals surface area contributed by atoms with Crippen molar-refractivity contribution in [2.45, 2.75) is 19.0 Å². The van der Waals surface area contributed by atoms with Gasteiger partial charge in [-0.2, -0.15) is 0 Å². The Morgan fingerprint density at radius 3 is 3.00 bits per heavy atom. The molecule has 0 aliphatic carbocycles. The van der Waals surface area contributed by atoms with Gasteiger partial charge in [0.15, 0.2) is 0 Å². The molecule has 1 fully saturated rings. The number of aromatic nitrogens is 1. The van der Waals surface area contributed by atoms with E-state index in [0.717, 1.165) is 5.56 Å². The zero-order valence-electron chi connectivity index (χ0n) is 10.1. The highest BCUT2D eigenvalue weighted by molar-refractivity contribution is 5.78. The second kappa shape index (κ2) is 5.03. The molecule has 1 saturated heterocycles. The minimum absolute atomic E-state index is 0.0314. The number of carboxylic acid groups (broad SMARTS) is 1. The number of aliphatic carboxylic acids is 1. The fourth-order valence-electron chi connectivity index (χ4n) is 2.13. The van der Waals surface area contributed by atoms with Gasteiger partial charge in [-0.1, -0.05) is 6.07 Å². The van der Waals surface area contributed by atoms with E-state index in [0.29, 0.717) is 13.1 Å². The van der Waals surface area contributed by atoms with Gasteiger partial charge in [-0.05, 0) is 11.6 Å². The van der Waals surface area contributed by atoms with E-state index in [2.05, 4.69) is 4.98 Å². The van der Waals surface area contributed by atoms with Crippen LogP contribution in [-0.2, 0) is 11.3 Å². The maximum atomic E-state index is 11.9. The summed E-state index contributed by atoms with van der Waals surface area (Å²) in [6.07, 6.45) is 3.32. The molecule has 1 aromatic rings. The van der Waals surface area contributed by atoms with E-state index in [-0.39, 0.29) is 18.5 Å². The number of carbonyl (C=O) groups excluding carboxylic acids is 1. The summed E-state index contributed by atoms with van der Waals surface area (Å²) in [5, 5.41) is 8.86. The molecule has 0 aromatic carbocycles. The van der Waals surface area contributed by atoms with Crippen LogP contribution in [0.5, 0.6) is 0 Å². The molecule has 1 aliphatic rings. The van der Waals surface area contributed by atoms with Crippen LogP contribution in [0.25, 0.3) is 0 Å². The molecule has 2 rings (SSSR count). The lowest BCUT2D eigenvalue weighted by Gasteiger charge is -2.21. The van der Waals surface area contributed by atoms with E-state index in [1.807, 2.05) is 6.07 Å². The van der Waals surface area contributed by atoms with E-state index in [1.165, 1.54) is 0 Å². The first-order valence-electron chi connectivity index (χ1n) is 5.70. The first-order chi connectivity index (χ1) is 8.58. The van der Waals surface area contributed by atoms with Crippen LogP contribution >= 0.6 is 0 Å². The number of amides is 2. The van der Waals surface area contributed by atoms with Crippen LogP contribution in [0.4, 0.5) is 4.79 Å². The molecular formula is C12H15N3O3. The summed E-state index contributed by atoms with van der Waals surface area (Å²) in [5.41, 5.74) is 0.900. The molecule has 2 amide bonds. The van der Waals surface area contributed by atoms with Crippen molar-refractivity contribution in [2.75, 3.05) is 13.6 Å². The monoisotopic (exact) mass is 249 g/mol. The van der Waals surface area contributed by atoms with Crippen molar-refractivity contribution >= 4 is 12.0 Å². The molecule has 0 bridgehead atoms. The van der Waals surface area contributed by atoms with Gasteiger partial charge in [0, 0.05) is 32.5 Å². The number of nitrogens with zero attached hydrogens (tertiary/aromatic N) is 3. The van der Waals surface area contributed by atoms with Crippen LogP contribution in [0.15, 0.2) is 24.5 Å². The molecule has 96 valence electrons. The minimum atomic E-state index is -0.890. The molecule has 2 heterocycles. The topological polar surface area (TPSA) is 73.7 Å². The number of hydrogen-bond acceptors (Lipinski definition) is 3. The van der Waals surface area contributed by atoms with Gasteiger partial charge in [-0.25, -0.2) is 4.79 Å². The Hall–Kier alpha value is -2.11. The number of pyridine rings is 1. The van der Waals surface area contributed by atoms with Crippen molar-refractivity contribution in [2.24, 2.45) is 0 Å². The van der Waals surface area contributed by atoms with Crippen LogP contribution < -0.4 is 0 Å². The maximum absolute atomic E-state index is 11.9. The van der Waals surface area contributed by atoms with Crippen molar-refractivity contribution < 1.29 is 14.7 Å². The third-order valence-corrected chi connectivity index (χ3v) is 2.98. The van der Waals surface area contributed by atoms with Gasteiger partial charge < -0.3 is 14.9 Å². The lowest BCUT2D eigenvalue weighted by Crippen LogP contribution is -2.35. The zero-order valence-corrected chi connectivity index (χ0v) is 10.1. The molecule has 1 unspecified atom stereocenters. The molecule has 0 saturated carbocycles. The van der Waals surface area contributed by atoms with Crippen molar-refractivity contribution in [3.05, 3.63) is 30.1 Å². The number of carbonyl (C=O) groups is 2. The van der Waals surface area contributed by atoms with Crippen LogP contribution in [0, 0.1) is 0 Å². The molecule has 18 heavy (non-hydrogen) atoms. The highest BCUT2D eigenvalue weighted by Gasteiger charge is 2.36. The second-order valence-electron chi connectivity index (χ2n) is 4.40. The van der Waals surface area contributed by atoms with Crippen LogP contribution in [-0.4, -0.2) is 51.5 Å². The molecule has 1 atom stereocenters. The summed E-state index contributed by atoms with van der Waals surface area (Å²) in [5.74, 6) is -0.890. The van der Waals surface area contributed by atoms with Crippen molar-refractivity contribution in [3.8, 4) is 0 Å². The van der Waals surface area contributed by atoms with E-state index in [9.17, 15) is 9.59 Å². The zero-order chi connectivity index (χ0) is 13.1. The minimum Gasteiger partial charge on any atom is -0.481 e. The second-order valence-corrected chi connectivity index (χ2v) is 4.40. The molecular weight excluding hydrogens is 234 g/mol. The van der Waals surface area contributed by atoms with Gasteiger partial charge >= 0.3 is 12.0 Å². The Balaban J connectivity index is 2.12. The van der Waals surface area contributed by atoms with Crippen molar-refractivity contribution in [1.29, 1.82) is 0 Å². The first kappa shape index (κ1) is 12.3. The average Bonchev–Trinajstić information content (AvgIpc) is 2.58. The van der Waals surface area contributed by atoms with Crippen molar-refractivity contribution in [3.63, 3.8) is 0 Å². The molecule has 1 aliphatic heterocycles. The summed E-state index contributed by atoms with van der Waals surface area (Å²) >= 11 is 0. The number of rotatable bonds is 4. The number of hydrogen-bond donors (Lipinski definition) is 1. The number of carboxylic acids is 1.